The second-order valence-electron chi connectivity index (χ2n) is 18.2. The standard InChI is InChI=1S/C64H36N6S2/c65-37-41-20-15-25-44(59(41)70-51-27-12-8-24-48(51)58-54(70)35-32-46-43-22-10-14-29-56(43)72-61(46)58)49-36-40(64-67-62(38-16-3-1-4-17-38)66-63(68-64)39-18-5-2-6-19-39)30-33-52(49)69-50-26-11-7-23-47(50)57-53(69)34-31-45-42-21-9-13-28-55(42)71-60(45)57/h1-36H. The minimum Gasteiger partial charge on any atom is -0.309 e. The van der Waals surface area contributed by atoms with Crippen molar-refractivity contribution in [2.75, 3.05) is 0 Å². The number of rotatable bonds is 6. The Morgan fingerprint density at radius 3 is 1.42 bits per heavy atom. The average Bonchev–Trinajstić information content (AvgIpc) is 4.21. The van der Waals surface area contributed by atoms with Crippen molar-refractivity contribution >= 4 is 107 Å². The first-order valence-corrected chi connectivity index (χ1v) is 25.5. The summed E-state index contributed by atoms with van der Waals surface area (Å²) >= 11 is 3.68. The molecular weight excluding hydrogens is 917 g/mol. The van der Waals surface area contributed by atoms with Crippen LogP contribution in [0.5, 0.6) is 0 Å². The number of nitrogens with zero attached hydrogens (tertiary/aromatic N) is 6. The van der Waals surface area contributed by atoms with Crippen LogP contribution in [-0.4, -0.2) is 24.1 Å². The minimum atomic E-state index is 0.548. The van der Waals surface area contributed by atoms with E-state index in [0.717, 1.165) is 66.6 Å². The third-order valence-corrected chi connectivity index (χ3v) is 16.6. The molecule has 0 aliphatic rings. The number of benzene rings is 10. The summed E-state index contributed by atoms with van der Waals surface area (Å²) in [4.78, 5) is 15.5. The van der Waals surface area contributed by atoms with E-state index < -0.39 is 0 Å². The maximum atomic E-state index is 11.3. The second-order valence-corrected chi connectivity index (χ2v) is 20.3. The van der Waals surface area contributed by atoms with Crippen LogP contribution in [0.2, 0.25) is 0 Å². The third-order valence-electron chi connectivity index (χ3n) is 14.2. The lowest BCUT2D eigenvalue weighted by Crippen LogP contribution is -2.05. The number of hydrogen-bond donors (Lipinski definition) is 0. The largest absolute Gasteiger partial charge is 0.309 e. The summed E-state index contributed by atoms with van der Waals surface area (Å²) in [6, 6.07) is 79.4. The number of para-hydroxylation sites is 3. The number of thiophene rings is 2. The molecule has 0 unspecified atom stereocenters. The van der Waals surface area contributed by atoms with E-state index in [4.69, 9.17) is 15.0 Å². The van der Waals surface area contributed by atoms with E-state index in [9.17, 15) is 5.26 Å². The van der Waals surface area contributed by atoms with Gasteiger partial charge in [-0.15, -0.1) is 22.7 Å². The van der Waals surface area contributed by atoms with E-state index in [1.54, 1.807) is 0 Å². The zero-order valence-electron chi connectivity index (χ0n) is 38.3. The molecule has 0 bridgehead atoms. The molecule has 72 heavy (non-hydrogen) atoms. The second kappa shape index (κ2) is 15.9. The molecule has 0 N–H and O–H groups in total. The predicted molar refractivity (Wildman–Crippen MR) is 301 cm³/mol. The van der Waals surface area contributed by atoms with Gasteiger partial charge < -0.3 is 9.13 Å². The molecule has 8 heteroatoms. The molecule has 6 nitrogen and oxygen atoms in total. The summed E-state index contributed by atoms with van der Waals surface area (Å²) in [6.07, 6.45) is 0. The summed E-state index contributed by atoms with van der Waals surface area (Å²) < 4.78 is 9.76. The summed E-state index contributed by atoms with van der Waals surface area (Å²) in [7, 11) is 0. The van der Waals surface area contributed by atoms with E-state index >= 15 is 0 Å². The first kappa shape index (κ1) is 40.6. The monoisotopic (exact) mass is 952 g/mol. The molecular formula is C64H36N6S2. The molecule has 0 amide bonds. The molecule has 0 saturated carbocycles. The first-order valence-electron chi connectivity index (χ1n) is 23.9. The van der Waals surface area contributed by atoms with E-state index in [2.05, 4.69) is 161 Å². The Hall–Kier alpha value is -9.26. The van der Waals surface area contributed by atoms with Crippen LogP contribution >= 0.6 is 22.7 Å². The normalized spacial score (nSPS) is 11.9. The molecule has 0 fully saturated rings. The van der Waals surface area contributed by atoms with Gasteiger partial charge in [0.15, 0.2) is 17.5 Å². The lowest BCUT2D eigenvalue weighted by molar-refractivity contribution is 1.07. The molecule has 5 heterocycles. The van der Waals surface area contributed by atoms with Gasteiger partial charge in [-0.2, -0.15) is 5.26 Å². The quantitative estimate of drug-likeness (QED) is 0.166. The van der Waals surface area contributed by atoms with Crippen molar-refractivity contribution in [3.8, 4) is 62.7 Å². The molecule has 10 aromatic carbocycles. The van der Waals surface area contributed by atoms with Crippen molar-refractivity contribution in [3.63, 3.8) is 0 Å². The van der Waals surface area contributed by atoms with Crippen LogP contribution in [-0.2, 0) is 0 Å². The molecule has 0 radical (unpaired) electrons. The van der Waals surface area contributed by atoms with Crippen LogP contribution < -0.4 is 0 Å². The van der Waals surface area contributed by atoms with Gasteiger partial charge in [0.25, 0.3) is 0 Å². The minimum absolute atomic E-state index is 0.548. The Bertz CT molecular complexity index is 4710. The Kier molecular flexibility index (Phi) is 8.96. The Morgan fingerprint density at radius 1 is 0.361 bits per heavy atom. The summed E-state index contributed by atoms with van der Waals surface area (Å²) in [6.45, 7) is 0. The number of fused-ring (bicyclic) bond motifs is 14. The van der Waals surface area contributed by atoms with Crippen LogP contribution in [0.1, 0.15) is 5.56 Å². The zero-order chi connectivity index (χ0) is 47.4. The highest BCUT2D eigenvalue weighted by molar-refractivity contribution is 7.27. The molecule has 15 aromatic rings. The lowest BCUT2D eigenvalue weighted by atomic mass is 9.95. The smallest absolute Gasteiger partial charge is 0.164 e. The third kappa shape index (κ3) is 6.02. The summed E-state index contributed by atoms with van der Waals surface area (Å²) in [5.74, 6) is 1.72. The van der Waals surface area contributed by atoms with Crippen molar-refractivity contribution in [1.29, 1.82) is 5.26 Å². The molecule has 0 atom stereocenters. The van der Waals surface area contributed by atoms with Crippen molar-refractivity contribution < 1.29 is 0 Å². The van der Waals surface area contributed by atoms with Crippen molar-refractivity contribution in [2.45, 2.75) is 0 Å². The van der Waals surface area contributed by atoms with Gasteiger partial charge in [-0.1, -0.05) is 158 Å². The molecule has 334 valence electrons. The van der Waals surface area contributed by atoms with Crippen LogP contribution in [0.15, 0.2) is 218 Å². The SMILES string of the molecule is N#Cc1cccc(-c2cc(-c3nc(-c4ccccc4)nc(-c4ccccc4)n3)ccc2-n2c3ccccc3c3c4sc5ccccc5c4ccc32)c1-n1c2ccccc2c2c3sc4ccccc4c3ccc21. The fourth-order valence-corrected chi connectivity index (χ4v) is 13.6. The van der Waals surface area contributed by atoms with Crippen LogP contribution in [0.3, 0.4) is 0 Å². The Labute approximate surface area is 420 Å². The van der Waals surface area contributed by atoms with E-state index in [0.29, 0.717) is 23.0 Å². The van der Waals surface area contributed by atoms with Gasteiger partial charge in [-0.05, 0) is 60.7 Å². The fraction of sp³-hybridized carbons (Fsp3) is 0. The number of hydrogen-bond acceptors (Lipinski definition) is 6. The number of nitriles is 1. The predicted octanol–water partition coefficient (Wildman–Crippen LogP) is 17.3. The highest BCUT2D eigenvalue weighted by atomic mass is 32.1. The topological polar surface area (TPSA) is 72.3 Å². The molecule has 0 saturated heterocycles. The van der Waals surface area contributed by atoms with E-state index in [1.807, 2.05) is 95.5 Å². The van der Waals surface area contributed by atoms with Crippen molar-refractivity contribution in [3.05, 3.63) is 224 Å². The van der Waals surface area contributed by atoms with Gasteiger partial charge in [-0.25, -0.2) is 15.0 Å². The van der Waals surface area contributed by atoms with Crippen molar-refractivity contribution in [2.24, 2.45) is 0 Å². The highest BCUT2D eigenvalue weighted by Crippen LogP contribution is 2.48. The summed E-state index contributed by atoms with van der Waals surface area (Å²) in [5, 5.41) is 21.0. The fourth-order valence-electron chi connectivity index (χ4n) is 11.1. The van der Waals surface area contributed by atoms with Crippen molar-refractivity contribution in [1.82, 2.24) is 24.1 Å². The van der Waals surface area contributed by atoms with Gasteiger partial charge in [0.1, 0.15) is 6.07 Å². The molecule has 15 rings (SSSR count). The van der Waals surface area contributed by atoms with E-state index in [1.165, 1.54) is 56.5 Å². The molecule has 0 spiro atoms. The van der Waals surface area contributed by atoms with Gasteiger partial charge >= 0.3 is 0 Å². The van der Waals surface area contributed by atoms with Crippen LogP contribution in [0.25, 0.3) is 141 Å². The van der Waals surface area contributed by atoms with Crippen LogP contribution in [0.4, 0.5) is 0 Å². The average molecular weight is 953 g/mol. The Morgan fingerprint density at radius 2 is 0.847 bits per heavy atom. The van der Waals surface area contributed by atoms with E-state index in [-0.39, 0.29) is 0 Å². The number of aromatic nitrogens is 5. The zero-order valence-corrected chi connectivity index (χ0v) is 39.9. The maximum absolute atomic E-state index is 11.3. The molecule has 0 aliphatic heterocycles. The van der Waals surface area contributed by atoms with Gasteiger partial charge in [0.05, 0.1) is 39.0 Å². The summed E-state index contributed by atoms with van der Waals surface area (Å²) in [5.41, 5.74) is 11.0. The van der Waals surface area contributed by atoms with Crippen LogP contribution in [0, 0.1) is 11.3 Å². The van der Waals surface area contributed by atoms with Gasteiger partial charge in [0.2, 0.25) is 0 Å². The molecule has 0 aliphatic carbocycles. The van der Waals surface area contributed by atoms with Gasteiger partial charge in [-0.3, -0.25) is 0 Å². The lowest BCUT2D eigenvalue weighted by Gasteiger charge is -2.20. The highest BCUT2D eigenvalue weighted by Gasteiger charge is 2.26. The Balaban J connectivity index is 1.06. The molecule has 5 aromatic heterocycles. The first-order chi connectivity index (χ1) is 35.7. The maximum Gasteiger partial charge on any atom is 0.164 e. The van der Waals surface area contributed by atoms with Gasteiger partial charge in [0, 0.05) is 89.7 Å².